The number of hydrogen-bond donors (Lipinski definition) is 2. The molecule has 0 saturated carbocycles. The molecule has 0 aliphatic carbocycles. The van der Waals surface area contributed by atoms with Gasteiger partial charge < -0.3 is 44.4 Å². The van der Waals surface area contributed by atoms with Gasteiger partial charge in [-0.1, -0.05) is 60.4 Å². The van der Waals surface area contributed by atoms with Crippen LogP contribution in [0.3, 0.4) is 0 Å². The number of terminal acetylenes is 2. The van der Waals surface area contributed by atoms with Crippen LogP contribution in [0, 0.1) is 52.4 Å². The maximum atomic E-state index is 14.2. The van der Waals surface area contributed by atoms with Crippen molar-refractivity contribution < 1.29 is 89.5 Å². The van der Waals surface area contributed by atoms with Crippen molar-refractivity contribution >= 4 is 88.2 Å². The van der Waals surface area contributed by atoms with Gasteiger partial charge in [-0.15, -0.1) is 12.8 Å². The number of carbonyl (C=O) groups excluding carboxylic acids is 2. The molecule has 0 aromatic heterocycles. The largest absolute Gasteiger partial charge is 1.00 e. The number of ether oxygens (including phenoxy) is 4. The standard InChI is InChI=1S/C30H34N2O7S.C28H30N2O7S.Li.H2O/c1-8-15-31(22(4)18-28(33)38-6)26-13-14-27(25-12-10-9-11-24(25)26)32(19-29(34)39-7)40(35,36)30-20(2)16-23(37-5)17-21(30)3;1-6-13-29(20(4)16-26(31)32)24-11-12-25(23-10-8-7-9-22(23)24)30(17-27(33)34)38(35,36)28-18(2)14-21(37-5)15-19(28)3;;/h1,9-14,16-17,22H,15,18-19H2,2-7H3;1,7-12,14-15,20H,13,16-17H2,2-5H3,(H,31,32)(H,33,34);;1H2/q;;+1;/p-1/t22-;20-;;/m00../s1. The molecule has 2 atom stereocenters. The summed E-state index contributed by atoms with van der Waals surface area (Å²) in [4.78, 5) is 51.6. The van der Waals surface area contributed by atoms with E-state index in [0.717, 1.165) is 8.61 Å². The maximum Gasteiger partial charge on any atom is 1.00 e. The molecule has 6 aromatic carbocycles. The number of carboxylic acids is 2. The second kappa shape index (κ2) is 28.8. The van der Waals surface area contributed by atoms with Crippen molar-refractivity contribution in [2.45, 2.75) is 76.3 Å². The summed E-state index contributed by atoms with van der Waals surface area (Å²) in [5.41, 5.74) is 3.57. The molecule has 0 amide bonds. The van der Waals surface area contributed by atoms with Crippen LogP contribution in [0.15, 0.2) is 107 Å². The minimum absolute atomic E-state index is 0. The Bertz CT molecular complexity index is 3520. The first-order chi connectivity index (χ1) is 36.9. The van der Waals surface area contributed by atoms with Crippen LogP contribution in [0.4, 0.5) is 22.7 Å². The topological polar surface area (TPSA) is 257 Å². The second-order valence-electron chi connectivity index (χ2n) is 18.2. The molecule has 0 fully saturated rings. The Hall–Kier alpha value is -7.90. The predicted molar refractivity (Wildman–Crippen MR) is 304 cm³/mol. The quantitative estimate of drug-likeness (QED) is 0.0509. The second-order valence-corrected chi connectivity index (χ2v) is 21.8. The number of carbonyl (C=O) groups is 4. The minimum Gasteiger partial charge on any atom is -0.870 e. The Labute approximate surface area is 479 Å². The van der Waals surface area contributed by atoms with Gasteiger partial charge in [0.05, 0.1) is 75.5 Å². The molecule has 6 aromatic rings. The van der Waals surface area contributed by atoms with Crippen molar-refractivity contribution in [3.8, 4) is 36.2 Å². The minimum atomic E-state index is -4.33. The molecular weight excluding hydrogens is 1060 g/mol. The fraction of sp³-hybridized carbons (Fsp3) is 0.310. The summed E-state index contributed by atoms with van der Waals surface area (Å²) in [6.07, 6.45) is 11.2. The van der Waals surface area contributed by atoms with E-state index in [1.54, 1.807) is 118 Å². The normalized spacial score (nSPS) is 11.6. The van der Waals surface area contributed by atoms with Crippen molar-refractivity contribution in [2.24, 2.45) is 0 Å². The van der Waals surface area contributed by atoms with Gasteiger partial charge in [-0.2, -0.15) is 0 Å². The molecule has 0 unspecified atom stereocenters. The van der Waals surface area contributed by atoms with Crippen LogP contribution in [0.2, 0.25) is 0 Å². The van der Waals surface area contributed by atoms with E-state index in [0.29, 0.717) is 72.4 Å². The van der Waals surface area contributed by atoms with E-state index in [1.165, 1.54) is 34.5 Å². The molecule has 0 radical (unpaired) electrons. The monoisotopic (exact) mass is 1130 g/mol. The number of nitrogens with zero attached hydrogens (tertiary/aromatic N) is 4. The number of carboxylic acid groups (broad SMARTS) is 2. The average molecular weight is 1130 g/mol. The smallest absolute Gasteiger partial charge is 0.870 e. The van der Waals surface area contributed by atoms with Crippen LogP contribution in [0.25, 0.3) is 21.5 Å². The molecule has 0 bridgehead atoms. The van der Waals surface area contributed by atoms with Crippen molar-refractivity contribution in [2.75, 3.05) is 73.0 Å². The molecule has 19 nitrogen and oxygen atoms in total. The first-order valence-electron chi connectivity index (χ1n) is 24.3. The molecule has 0 heterocycles. The van der Waals surface area contributed by atoms with E-state index >= 15 is 0 Å². The fourth-order valence-electron chi connectivity index (χ4n) is 9.42. The molecule has 80 heavy (non-hydrogen) atoms. The van der Waals surface area contributed by atoms with Gasteiger partial charge in [0.15, 0.2) is 0 Å². The maximum absolute atomic E-state index is 14.2. The molecule has 420 valence electrons. The predicted octanol–water partition coefficient (Wildman–Crippen LogP) is 5.10. The number of benzene rings is 6. The number of rotatable bonds is 22. The zero-order valence-corrected chi connectivity index (χ0v) is 48.3. The summed E-state index contributed by atoms with van der Waals surface area (Å²) in [5.74, 6) is 2.80. The van der Waals surface area contributed by atoms with Gasteiger partial charge in [0.1, 0.15) is 24.6 Å². The van der Waals surface area contributed by atoms with Crippen LogP contribution < -0.4 is 46.7 Å². The van der Waals surface area contributed by atoms with Gasteiger partial charge in [0.25, 0.3) is 20.0 Å². The molecule has 22 heteroatoms. The first-order valence-corrected chi connectivity index (χ1v) is 27.2. The Morgan fingerprint density at radius 1 is 0.525 bits per heavy atom. The Morgan fingerprint density at radius 3 is 1.16 bits per heavy atom. The summed E-state index contributed by atoms with van der Waals surface area (Å²) >= 11 is 0. The number of sulfonamides is 2. The summed E-state index contributed by atoms with van der Waals surface area (Å²) < 4.78 is 78.8. The first kappa shape index (κ1) is 66.4. The third kappa shape index (κ3) is 14.9. The number of methoxy groups -OCH3 is 4. The van der Waals surface area contributed by atoms with Crippen LogP contribution in [0.5, 0.6) is 11.5 Å². The van der Waals surface area contributed by atoms with Crippen molar-refractivity contribution in [3.63, 3.8) is 0 Å². The number of aliphatic carboxylic acids is 2. The zero-order valence-electron chi connectivity index (χ0n) is 46.6. The van der Waals surface area contributed by atoms with Gasteiger partial charge in [0.2, 0.25) is 0 Å². The van der Waals surface area contributed by atoms with Crippen LogP contribution >= 0.6 is 0 Å². The van der Waals surface area contributed by atoms with Gasteiger partial charge in [-0.25, -0.2) is 16.8 Å². The summed E-state index contributed by atoms with van der Waals surface area (Å²) in [5, 5.41) is 21.4. The Balaban J connectivity index is 0.000000410. The average Bonchev–Trinajstić information content (AvgIpc) is 3.39. The zero-order chi connectivity index (χ0) is 57.8. The summed E-state index contributed by atoms with van der Waals surface area (Å²) in [7, 11) is -3.05. The number of fused-ring (bicyclic) bond motifs is 2. The number of aryl methyl sites for hydroxylation is 4. The van der Waals surface area contributed by atoms with E-state index in [-0.39, 0.29) is 77.8 Å². The molecule has 3 N–H and O–H groups in total. The third-order valence-electron chi connectivity index (χ3n) is 12.9. The van der Waals surface area contributed by atoms with Gasteiger partial charge in [0, 0.05) is 45.0 Å². The van der Waals surface area contributed by atoms with E-state index in [4.69, 9.17) is 31.8 Å². The molecule has 6 rings (SSSR count). The summed E-state index contributed by atoms with van der Waals surface area (Å²) in [6.45, 7) is 9.20. The van der Waals surface area contributed by atoms with Gasteiger partial charge in [-0.05, 0) is 112 Å². The molecule has 0 saturated heterocycles. The molecule has 0 aliphatic heterocycles. The van der Waals surface area contributed by atoms with E-state index in [1.807, 2.05) is 24.0 Å². The van der Waals surface area contributed by atoms with Gasteiger partial charge in [-0.3, -0.25) is 27.8 Å². The Morgan fingerprint density at radius 2 is 0.850 bits per heavy atom. The molecule has 0 aliphatic rings. The number of esters is 2. The van der Waals surface area contributed by atoms with Crippen LogP contribution in [-0.4, -0.2) is 123 Å². The SMILES string of the molecule is C#CCN(c1ccc(N(CC(=O)O)S(=O)(=O)c2c(C)cc(OC)cc2C)c2ccccc12)[C@@H](C)CC(=O)O.C#CCN(c1ccc(N(CC(=O)OC)S(=O)(=O)c2c(C)cc(OC)cc2C)c2ccccc12)[C@@H](C)CC(=O)OC.[Li+].[OH-]. The van der Waals surface area contributed by atoms with Crippen LogP contribution in [0.1, 0.15) is 48.9 Å². The van der Waals surface area contributed by atoms with Crippen molar-refractivity contribution in [1.29, 1.82) is 0 Å². The van der Waals surface area contributed by atoms with E-state index < -0.39 is 57.1 Å². The number of anilines is 4. The van der Waals surface area contributed by atoms with E-state index in [9.17, 15) is 46.2 Å². The molecule has 0 spiro atoms. The van der Waals surface area contributed by atoms with Crippen molar-refractivity contribution in [3.05, 3.63) is 119 Å². The van der Waals surface area contributed by atoms with Gasteiger partial charge >= 0.3 is 42.7 Å². The van der Waals surface area contributed by atoms with Crippen molar-refractivity contribution in [1.82, 2.24) is 0 Å². The fourth-order valence-corrected chi connectivity index (χ4v) is 13.1. The van der Waals surface area contributed by atoms with E-state index in [2.05, 4.69) is 11.8 Å². The Kier molecular flexibility index (Phi) is 23.9. The summed E-state index contributed by atoms with van der Waals surface area (Å²) in [6, 6.07) is 26.4. The molecular formula is C58H65LiN4O15S2. The van der Waals surface area contributed by atoms with Crippen LogP contribution in [-0.2, 0) is 48.7 Å². The number of hydrogen-bond acceptors (Lipinski definition) is 15. The third-order valence-corrected chi connectivity index (χ3v) is 17.0.